The number of esters is 1. The van der Waals surface area contributed by atoms with Crippen molar-refractivity contribution in [2.75, 3.05) is 11.9 Å². The van der Waals surface area contributed by atoms with Crippen molar-refractivity contribution >= 4 is 39.5 Å². The smallest absolute Gasteiger partial charge is 0.338 e. The number of anilines is 1. The maximum Gasteiger partial charge on any atom is 0.338 e. The number of nitrogens with one attached hydrogen (secondary N) is 2. The van der Waals surface area contributed by atoms with Crippen LogP contribution in [0.1, 0.15) is 21.5 Å². The van der Waals surface area contributed by atoms with Gasteiger partial charge >= 0.3 is 12.0 Å². The molecular weight excluding hydrogens is 402 g/mol. The molecule has 0 aliphatic rings. The third-order valence-corrected chi connectivity index (χ3v) is 4.32. The lowest BCUT2D eigenvalue weighted by Crippen LogP contribution is -2.28. The van der Waals surface area contributed by atoms with Gasteiger partial charge in [0.25, 0.3) is 5.91 Å². The first-order valence-corrected chi connectivity index (χ1v) is 8.50. The van der Waals surface area contributed by atoms with Gasteiger partial charge in [0.05, 0.1) is 5.56 Å². The molecule has 26 heavy (non-hydrogen) atoms. The summed E-state index contributed by atoms with van der Waals surface area (Å²) in [6.07, 6.45) is 0. The topological polar surface area (TPSA) is 111 Å². The maximum atomic E-state index is 12.0. The van der Waals surface area contributed by atoms with Gasteiger partial charge in [-0.1, -0.05) is 28.1 Å². The predicted octanol–water partition coefficient (Wildman–Crippen LogP) is 2.72. The minimum atomic E-state index is -0.625. The first-order chi connectivity index (χ1) is 12.3. The van der Waals surface area contributed by atoms with Crippen LogP contribution in [0.25, 0.3) is 0 Å². The summed E-state index contributed by atoms with van der Waals surface area (Å²) in [7, 11) is 0. The number of nitrogens with two attached hydrogens (primary N) is 1. The van der Waals surface area contributed by atoms with Crippen LogP contribution >= 0.6 is 15.9 Å². The number of urea groups is 1. The quantitative estimate of drug-likeness (QED) is 0.624. The summed E-state index contributed by atoms with van der Waals surface area (Å²) in [5.74, 6) is -1.04. The average molecular weight is 420 g/mol. The lowest BCUT2D eigenvalue weighted by Gasteiger charge is -2.08. The van der Waals surface area contributed by atoms with Crippen molar-refractivity contribution in [2.45, 2.75) is 13.5 Å². The molecule has 4 N–H and O–H groups in total. The van der Waals surface area contributed by atoms with E-state index < -0.39 is 17.9 Å². The summed E-state index contributed by atoms with van der Waals surface area (Å²) in [6.45, 7) is 1.78. The van der Waals surface area contributed by atoms with E-state index in [0.717, 1.165) is 15.6 Å². The van der Waals surface area contributed by atoms with Crippen molar-refractivity contribution in [1.29, 1.82) is 0 Å². The van der Waals surface area contributed by atoms with E-state index in [4.69, 9.17) is 10.5 Å². The van der Waals surface area contributed by atoms with Gasteiger partial charge in [-0.15, -0.1) is 0 Å². The lowest BCUT2D eigenvalue weighted by atomic mass is 10.1. The highest BCUT2D eigenvalue weighted by atomic mass is 79.9. The predicted molar refractivity (Wildman–Crippen MR) is 101 cm³/mol. The highest BCUT2D eigenvalue weighted by molar-refractivity contribution is 9.10. The Morgan fingerprint density at radius 3 is 2.42 bits per heavy atom. The minimum absolute atomic E-state index is 0.264. The average Bonchev–Trinajstić information content (AvgIpc) is 2.61. The zero-order chi connectivity index (χ0) is 19.1. The first-order valence-electron chi connectivity index (χ1n) is 7.70. The SMILES string of the molecule is Cc1cc(NC(=O)COC(=O)c2ccc(CNC(N)=O)cc2)ccc1Br. The van der Waals surface area contributed by atoms with Gasteiger partial charge in [-0.3, -0.25) is 4.79 Å². The first kappa shape index (κ1) is 19.5. The Morgan fingerprint density at radius 1 is 1.12 bits per heavy atom. The van der Waals surface area contributed by atoms with E-state index in [2.05, 4.69) is 26.6 Å². The Kier molecular flexibility index (Phi) is 6.74. The van der Waals surface area contributed by atoms with E-state index in [1.54, 1.807) is 30.3 Å². The highest BCUT2D eigenvalue weighted by Gasteiger charge is 2.11. The Labute approximate surface area is 159 Å². The molecule has 0 aliphatic heterocycles. The van der Waals surface area contributed by atoms with Crippen LogP contribution in [-0.4, -0.2) is 24.5 Å². The van der Waals surface area contributed by atoms with Crippen molar-refractivity contribution in [2.24, 2.45) is 5.73 Å². The van der Waals surface area contributed by atoms with Crippen molar-refractivity contribution in [3.63, 3.8) is 0 Å². The van der Waals surface area contributed by atoms with Crippen molar-refractivity contribution in [3.8, 4) is 0 Å². The van der Waals surface area contributed by atoms with E-state index in [0.29, 0.717) is 11.3 Å². The number of aryl methyl sites for hydroxylation is 1. The Balaban J connectivity index is 1.84. The fourth-order valence-corrected chi connectivity index (χ4v) is 2.33. The van der Waals surface area contributed by atoms with Crippen LogP contribution in [0.3, 0.4) is 0 Å². The molecule has 3 amide bonds. The molecule has 0 spiro atoms. The second-order valence-electron chi connectivity index (χ2n) is 5.50. The van der Waals surface area contributed by atoms with Gasteiger partial charge in [0.15, 0.2) is 6.61 Å². The maximum absolute atomic E-state index is 12.0. The number of amides is 3. The minimum Gasteiger partial charge on any atom is -0.452 e. The zero-order valence-corrected chi connectivity index (χ0v) is 15.6. The number of hydrogen-bond acceptors (Lipinski definition) is 4. The van der Waals surface area contributed by atoms with Crippen LogP contribution in [0.4, 0.5) is 10.5 Å². The van der Waals surface area contributed by atoms with Gasteiger partial charge in [0.1, 0.15) is 0 Å². The summed E-state index contributed by atoms with van der Waals surface area (Å²) in [6, 6.07) is 11.2. The summed E-state index contributed by atoms with van der Waals surface area (Å²) in [4.78, 5) is 34.5. The lowest BCUT2D eigenvalue weighted by molar-refractivity contribution is -0.119. The number of primary amides is 1. The fourth-order valence-electron chi connectivity index (χ4n) is 2.08. The number of carbonyl (C=O) groups excluding carboxylic acids is 3. The van der Waals surface area contributed by atoms with E-state index in [9.17, 15) is 14.4 Å². The fraction of sp³-hybridized carbons (Fsp3) is 0.167. The monoisotopic (exact) mass is 419 g/mol. The number of rotatable bonds is 6. The molecule has 0 unspecified atom stereocenters. The van der Waals surface area contributed by atoms with Crippen molar-refractivity contribution in [3.05, 3.63) is 63.6 Å². The van der Waals surface area contributed by atoms with Crippen molar-refractivity contribution < 1.29 is 19.1 Å². The largest absolute Gasteiger partial charge is 0.452 e. The van der Waals surface area contributed by atoms with E-state index >= 15 is 0 Å². The summed E-state index contributed by atoms with van der Waals surface area (Å²) in [5, 5.41) is 5.11. The van der Waals surface area contributed by atoms with E-state index in [1.807, 2.05) is 19.1 Å². The number of benzene rings is 2. The molecule has 0 heterocycles. The zero-order valence-electron chi connectivity index (χ0n) is 14.0. The molecule has 2 rings (SSSR count). The van der Waals surface area contributed by atoms with Gasteiger partial charge < -0.3 is 21.1 Å². The molecule has 0 aromatic heterocycles. The molecular formula is C18H18BrN3O4. The van der Waals surface area contributed by atoms with Crippen LogP contribution in [-0.2, 0) is 16.1 Å². The Hall–Kier alpha value is -2.87. The second-order valence-corrected chi connectivity index (χ2v) is 6.36. The van der Waals surface area contributed by atoms with Crippen LogP contribution in [0.5, 0.6) is 0 Å². The number of ether oxygens (including phenoxy) is 1. The summed E-state index contributed by atoms with van der Waals surface area (Å²) < 4.78 is 5.95. The molecule has 8 heteroatoms. The molecule has 2 aromatic rings. The van der Waals surface area contributed by atoms with Gasteiger partial charge in [0, 0.05) is 16.7 Å². The van der Waals surface area contributed by atoms with Gasteiger partial charge in [-0.25, -0.2) is 9.59 Å². The van der Waals surface area contributed by atoms with Crippen molar-refractivity contribution in [1.82, 2.24) is 5.32 Å². The molecule has 0 atom stereocenters. The Bertz CT molecular complexity index is 822. The summed E-state index contributed by atoms with van der Waals surface area (Å²) in [5.41, 5.74) is 7.68. The number of carbonyl (C=O) groups is 3. The second kappa shape index (κ2) is 9.00. The highest BCUT2D eigenvalue weighted by Crippen LogP contribution is 2.19. The molecule has 0 aliphatic carbocycles. The summed E-state index contributed by atoms with van der Waals surface area (Å²) >= 11 is 3.38. The normalized spacial score (nSPS) is 10.1. The Morgan fingerprint density at radius 2 is 1.81 bits per heavy atom. The number of hydrogen-bond donors (Lipinski definition) is 3. The molecule has 0 bridgehead atoms. The molecule has 0 radical (unpaired) electrons. The van der Waals surface area contributed by atoms with Crippen LogP contribution in [0.15, 0.2) is 46.9 Å². The molecule has 0 saturated heterocycles. The van der Waals surface area contributed by atoms with Crippen LogP contribution in [0.2, 0.25) is 0 Å². The van der Waals surface area contributed by atoms with Gasteiger partial charge in [0.2, 0.25) is 0 Å². The number of halogens is 1. The molecule has 0 saturated carbocycles. The molecule has 7 nitrogen and oxygen atoms in total. The molecule has 0 fully saturated rings. The van der Waals surface area contributed by atoms with Gasteiger partial charge in [-0.05, 0) is 48.4 Å². The van der Waals surface area contributed by atoms with Gasteiger partial charge in [-0.2, -0.15) is 0 Å². The standard InChI is InChI=1S/C18H18BrN3O4/c1-11-8-14(6-7-15(11)19)22-16(23)10-26-17(24)13-4-2-12(3-5-13)9-21-18(20)25/h2-8H,9-10H2,1H3,(H,22,23)(H3,20,21,25). The van der Waals surface area contributed by atoms with E-state index in [-0.39, 0.29) is 13.2 Å². The molecule has 2 aromatic carbocycles. The van der Waals surface area contributed by atoms with E-state index in [1.165, 1.54) is 0 Å². The van der Waals surface area contributed by atoms with Crippen LogP contribution in [0, 0.1) is 6.92 Å². The third-order valence-electron chi connectivity index (χ3n) is 3.43. The van der Waals surface area contributed by atoms with Crippen LogP contribution < -0.4 is 16.4 Å². The molecule has 136 valence electrons. The third kappa shape index (κ3) is 5.89.